The fourth-order valence-corrected chi connectivity index (χ4v) is 4.56. The number of aromatic nitrogens is 1. The van der Waals surface area contributed by atoms with Crippen molar-refractivity contribution >= 4 is 39.1 Å². The van der Waals surface area contributed by atoms with Crippen LogP contribution in [0, 0.1) is 0 Å². The van der Waals surface area contributed by atoms with Gasteiger partial charge in [-0.05, 0) is 42.1 Å². The number of nitrogens with one attached hydrogen (secondary N) is 1. The minimum absolute atomic E-state index is 0.156. The molecule has 0 atom stereocenters. The van der Waals surface area contributed by atoms with Gasteiger partial charge in [-0.3, -0.25) is 4.79 Å². The molecule has 32 heavy (non-hydrogen) atoms. The van der Waals surface area contributed by atoms with E-state index in [1.807, 2.05) is 66.2 Å². The third kappa shape index (κ3) is 4.53. The zero-order valence-electron chi connectivity index (χ0n) is 18.0. The summed E-state index contributed by atoms with van der Waals surface area (Å²) in [7, 11) is 1.60. The third-order valence-electron chi connectivity index (χ3n) is 5.18. The molecule has 0 aliphatic heterocycles. The van der Waals surface area contributed by atoms with Crippen molar-refractivity contribution in [3.8, 4) is 16.9 Å². The van der Waals surface area contributed by atoms with E-state index in [9.17, 15) is 9.59 Å². The zero-order chi connectivity index (χ0) is 22.5. The van der Waals surface area contributed by atoms with Gasteiger partial charge in [-0.15, -0.1) is 11.3 Å². The molecule has 2 aromatic carbocycles. The van der Waals surface area contributed by atoms with Crippen LogP contribution in [-0.4, -0.2) is 30.2 Å². The smallest absolute Gasteiger partial charge is 0.341 e. The van der Waals surface area contributed by atoms with Crippen molar-refractivity contribution in [2.75, 3.05) is 19.0 Å². The molecule has 0 bridgehead atoms. The summed E-state index contributed by atoms with van der Waals surface area (Å²) in [5, 5.41) is 6.41. The number of amides is 1. The molecule has 0 radical (unpaired) electrons. The van der Waals surface area contributed by atoms with Crippen LogP contribution < -0.4 is 10.1 Å². The molecule has 0 fully saturated rings. The van der Waals surface area contributed by atoms with Crippen molar-refractivity contribution in [2.45, 2.75) is 19.9 Å². The number of hydrogen-bond acceptors (Lipinski definition) is 5. The molecule has 4 aromatic rings. The lowest BCUT2D eigenvalue weighted by Crippen LogP contribution is -2.16. The van der Waals surface area contributed by atoms with E-state index in [-0.39, 0.29) is 18.9 Å². The minimum atomic E-state index is -0.453. The number of benzene rings is 2. The van der Waals surface area contributed by atoms with E-state index >= 15 is 0 Å². The lowest BCUT2D eigenvalue weighted by atomic mass is 10.0. The lowest BCUT2D eigenvalue weighted by molar-refractivity contribution is -0.116. The quantitative estimate of drug-likeness (QED) is 0.357. The maximum atomic E-state index is 12.7. The van der Waals surface area contributed by atoms with Gasteiger partial charge in [-0.2, -0.15) is 0 Å². The predicted molar refractivity (Wildman–Crippen MR) is 127 cm³/mol. The van der Waals surface area contributed by atoms with Crippen molar-refractivity contribution in [3.63, 3.8) is 0 Å². The molecule has 1 N–H and O–H groups in total. The summed E-state index contributed by atoms with van der Waals surface area (Å²) in [6.45, 7) is 2.56. The molecule has 164 valence electrons. The SMILES string of the molecule is CCOC(=O)c1c(-c2ccc(OC)cc2)csc1NC(=O)CCn1ccc2ccccc21. The first-order chi connectivity index (χ1) is 15.6. The van der Waals surface area contributed by atoms with Crippen LogP contribution in [0.5, 0.6) is 5.75 Å². The minimum Gasteiger partial charge on any atom is -0.497 e. The van der Waals surface area contributed by atoms with Crippen molar-refractivity contribution in [1.82, 2.24) is 4.57 Å². The number of esters is 1. The maximum Gasteiger partial charge on any atom is 0.341 e. The van der Waals surface area contributed by atoms with Gasteiger partial charge in [-0.1, -0.05) is 30.3 Å². The number of nitrogens with zero attached hydrogens (tertiary/aromatic N) is 1. The van der Waals surface area contributed by atoms with E-state index in [1.54, 1.807) is 14.0 Å². The lowest BCUT2D eigenvalue weighted by Gasteiger charge is -2.10. The number of para-hydroxylation sites is 1. The maximum absolute atomic E-state index is 12.7. The molecule has 0 unspecified atom stereocenters. The van der Waals surface area contributed by atoms with Gasteiger partial charge in [0, 0.05) is 35.6 Å². The van der Waals surface area contributed by atoms with E-state index in [0.29, 0.717) is 17.1 Å². The number of thiophene rings is 1. The van der Waals surface area contributed by atoms with Gasteiger partial charge in [0.1, 0.15) is 16.3 Å². The molecule has 0 spiro atoms. The summed E-state index contributed by atoms with van der Waals surface area (Å²) >= 11 is 1.32. The van der Waals surface area contributed by atoms with Crippen LogP contribution in [0.25, 0.3) is 22.0 Å². The summed E-state index contributed by atoms with van der Waals surface area (Å²) in [6.07, 6.45) is 2.27. The molecule has 2 heterocycles. The van der Waals surface area contributed by atoms with Crippen LogP contribution in [0.2, 0.25) is 0 Å². The van der Waals surface area contributed by atoms with Crippen molar-refractivity contribution in [1.29, 1.82) is 0 Å². The summed E-state index contributed by atoms with van der Waals surface area (Å²) in [5.74, 6) is 0.121. The summed E-state index contributed by atoms with van der Waals surface area (Å²) in [4.78, 5) is 25.4. The fourth-order valence-electron chi connectivity index (χ4n) is 3.59. The Hall–Kier alpha value is -3.58. The molecular formula is C25H24N2O4S. The molecule has 2 aromatic heterocycles. The third-order valence-corrected chi connectivity index (χ3v) is 6.08. The number of carbonyl (C=O) groups excluding carboxylic acids is 2. The van der Waals surface area contributed by atoms with Gasteiger partial charge in [0.25, 0.3) is 0 Å². The van der Waals surface area contributed by atoms with E-state index < -0.39 is 5.97 Å². The van der Waals surface area contributed by atoms with Crippen LogP contribution in [-0.2, 0) is 16.1 Å². The van der Waals surface area contributed by atoms with Crippen molar-refractivity contribution in [2.24, 2.45) is 0 Å². The molecule has 7 heteroatoms. The number of fused-ring (bicyclic) bond motifs is 1. The number of rotatable bonds is 8. The normalized spacial score (nSPS) is 10.8. The van der Waals surface area contributed by atoms with Gasteiger partial charge in [0.2, 0.25) is 5.91 Å². The average Bonchev–Trinajstić information content (AvgIpc) is 3.42. The Morgan fingerprint density at radius 3 is 2.59 bits per heavy atom. The molecular weight excluding hydrogens is 424 g/mol. The van der Waals surface area contributed by atoms with Crippen LogP contribution in [0.4, 0.5) is 5.00 Å². The highest BCUT2D eigenvalue weighted by atomic mass is 32.1. The Balaban J connectivity index is 1.53. The summed E-state index contributed by atoms with van der Waals surface area (Å²) in [5.41, 5.74) is 3.04. The van der Waals surface area contributed by atoms with E-state index in [4.69, 9.17) is 9.47 Å². The molecule has 0 aliphatic carbocycles. The first-order valence-electron chi connectivity index (χ1n) is 10.4. The number of anilines is 1. The predicted octanol–water partition coefficient (Wildman–Crippen LogP) is 5.58. The molecule has 4 rings (SSSR count). The summed E-state index contributed by atoms with van der Waals surface area (Å²) in [6, 6.07) is 17.5. The second-order valence-electron chi connectivity index (χ2n) is 7.17. The van der Waals surface area contributed by atoms with Crippen LogP contribution in [0.3, 0.4) is 0 Å². The number of methoxy groups -OCH3 is 1. The second-order valence-corrected chi connectivity index (χ2v) is 8.05. The van der Waals surface area contributed by atoms with Crippen LogP contribution in [0.15, 0.2) is 66.2 Å². The van der Waals surface area contributed by atoms with Crippen LogP contribution in [0.1, 0.15) is 23.7 Å². The Labute approximate surface area is 190 Å². The van der Waals surface area contributed by atoms with E-state index in [0.717, 1.165) is 27.8 Å². The average molecular weight is 449 g/mol. The first kappa shape index (κ1) is 21.6. The van der Waals surface area contributed by atoms with Gasteiger partial charge in [0.05, 0.1) is 13.7 Å². The molecule has 0 saturated heterocycles. The fraction of sp³-hybridized carbons (Fsp3) is 0.200. The van der Waals surface area contributed by atoms with Crippen LogP contribution >= 0.6 is 11.3 Å². The Morgan fingerprint density at radius 2 is 1.84 bits per heavy atom. The largest absolute Gasteiger partial charge is 0.497 e. The Bertz CT molecular complexity index is 1240. The zero-order valence-corrected chi connectivity index (χ0v) is 18.8. The molecule has 6 nitrogen and oxygen atoms in total. The van der Waals surface area contributed by atoms with Gasteiger partial charge >= 0.3 is 5.97 Å². The topological polar surface area (TPSA) is 69.6 Å². The highest BCUT2D eigenvalue weighted by Gasteiger charge is 2.23. The molecule has 0 aliphatic rings. The number of ether oxygens (including phenoxy) is 2. The second kappa shape index (κ2) is 9.70. The Kier molecular flexibility index (Phi) is 6.56. The van der Waals surface area contributed by atoms with Gasteiger partial charge in [0.15, 0.2) is 0 Å². The number of carbonyl (C=O) groups is 2. The number of hydrogen-bond donors (Lipinski definition) is 1. The monoisotopic (exact) mass is 448 g/mol. The standard InChI is InChI=1S/C25H24N2O4S/c1-3-31-25(29)23-20(17-8-10-19(30-2)11-9-17)16-32-24(23)26-22(28)13-15-27-14-12-18-6-4-5-7-21(18)27/h4-12,14,16H,3,13,15H2,1-2H3,(H,26,28). The first-order valence-corrected chi connectivity index (χ1v) is 11.3. The highest BCUT2D eigenvalue weighted by Crippen LogP contribution is 2.37. The highest BCUT2D eigenvalue weighted by molar-refractivity contribution is 7.15. The van der Waals surface area contributed by atoms with Crippen molar-refractivity contribution in [3.05, 3.63) is 71.7 Å². The Morgan fingerprint density at radius 1 is 1.06 bits per heavy atom. The van der Waals surface area contributed by atoms with E-state index in [1.165, 1.54) is 11.3 Å². The number of aryl methyl sites for hydroxylation is 1. The summed E-state index contributed by atoms with van der Waals surface area (Å²) < 4.78 is 12.5. The molecule has 0 saturated carbocycles. The molecule has 1 amide bonds. The van der Waals surface area contributed by atoms with Gasteiger partial charge < -0.3 is 19.4 Å². The van der Waals surface area contributed by atoms with Gasteiger partial charge in [-0.25, -0.2) is 4.79 Å². The van der Waals surface area contributed by atoms with E-state index in [2.05, 4.69) is 9.88 Å². The van der Waals surface area contributed by atoms with Crippen molar-refractivity contribution < 1.29 is 19.1 Å².